The van der Waals surface area contributed by atoms with Gasteiger partial charge in [-0.25, -0.2) is 0 Å². The van der Waals surface area contributed by atoms with Crippen molar-refractivity contribution in [3.63, 3.8) is 0 Å². The summed E-state index contributed by atoms with van der Waals surface area (Å²) in [5.74, 6) is 0.478. The molecular weight excluding hydrogens is 242 g/mol. The molecule has 2 rings (SSSR count). The zero-order valence-corrected chi connectivity index (χ0v) is 12.6. The van der Waals surface area contributed by atoms with E-state index in [4.69, 9.17) is 0 Å². The van der Waals surface area contributed by atoms with E-state index in [0.717, 1.165) is 6.42 Å². The van der Waals surface area contributed by atoms with Crippen LogP contribution in [0.4, 0.5) is 5.69 Å². The lowest BCUT2D eigenvalue weighted by molar-refractivity contribution is 0.808. The predicted octanol–water partition coefficient (Wildman–Crippen LogP) is 4.96. The van der Waals surface area contributed by atoms with Gasteiger partial charge in [-0.1, -0.05) is 61.5 Å². The highest BCUT2D eigenvalue weighted by Crippen LogP contribution is 2.24. The van der Waals surface area contributed by atoms with Crippen molar-refractivity contribution in [2.24, 2.45) is 0 Å². The molecule has 1 atom stereocenters. The number of rotatable bonds is 5. The SMILES string of the molecule is CCC(/C=C/c1ccccc1)c1ccc(N(C)C)cc1. The fourth-order valence-corrected chi connectivity index (χ4v) is 2.29. The molecule has 1 unspecified atom stereocenters. The Morgan fingerprint density at radius 3 is 2.15 bits per heavy atom. The molecule has 0 radical (unpaired) electrons. The van der Waals surface area contributed by atoms with Gasteiger partial charge >= 0.3 is 0 Å². The van der Waals surface area contributed by atoms with Crippen LogP contribution in [0.5, 0.6) is 0 Å². The third-order valence-electron chi connectivity index (χ3n) is 3.60. The van der Waals surface area contributed by atoms with Gasteiger partial charge in [0.25, 0.3) is 0 Å². The van der Waals surface area contributed by atoms with Crippen molar-refractivity contribution in [1.82, 2.24) is 0 Å². The first-order valence-corrected chi connectivity index (χ1v) is 7.21. The van der Waals surface area contributed by atoms with E-state index in [1.807, 2.05) is 0 Å². The van der Waals surface area contributed by atoms with Crippen LogP contribution in [-0.4, -0.2) is 14.1 Å². The van der Waals surface area contributed by atoms with E-state index in [-0.39, 0.29) is 0 Å². The van der Waals surface area contributed by atoms with Crippen molar-refractivity contribution in [1.29, 1.82) is 0 Å². The number of hydrogen-bond acceptors (Lipinski definition) is 1. The van der Waals surface area contributed by atoms with Gasteiger partial charge in [-0.2, -0.15) is 0 Å². The molecule has 0 aliphatic heterocycles. The lowest BCUT2D eigenvalue weighted by Crippen LogP contribution is -2.08. The Bertz CT molecular complexity index is 538. The quantitative estimate of drug-likeness (QED) is 0.738. The largest absolute Gasteiger partial charge is 0.378 e. The van der Waals surface area contributed by atoms with Gasteiger partial charge in [-0.3, -0.25) is 0 Å². The molecule has 0 aliphatic carbocycles. The van der Waals surface area contributed by atoms with Crippen molar-refractivity contribution in [2.75, 3.05) is 19.0 Å². The summed E-state index contributed by atoms with van der Waals surface area (Å²) in [7, 11) is 4.14. The minimum Gasteiger partial charge on any atom is -0.378 e. The average Bonchev–Trinajstić information content (AvgIpc) is 2.49. The van der Waals surface area contributed by atoms with Crippen LogP contribution >= 0.6 is 0 Å². The maximum Gasteiger partial charge on any atom is 0.0361 e. The van der Waals surface area contributed by atoms with E-state index in [1.54, 1.807) is 0 Å². The van der Waals surface area contributed by atoms with Crippen LogP contribution in [-0.2, 0) is 0 Å². The van der Waals surface area contributed by atoms with Crippen LogP contribution in [0.3, 0.4) is 0 Å². The highest BCUT2D eigenvalue weighted by Gasteiger charge is 2.05. The predicted molar refractivity (Wildman–Crippen MR) is 89.3 cm³/mol. The molecule has 0 aromatic heterocycles. The molecule has 0 amide bonds. The van der Waals surface area contributed by atoms with Crippen LogP contribution in [0, 0.1) is 0 Å². The summed E-state index contributed by atoms with van der Waals surface area (Å²) in [5.41, 5.74) is 3.89. The standard InChI is InChI=1S/C19H23N/c1-4-17(11-10-16-8-6-5-7-9-16)18-12-14-19(15-13-18)20(2)3/h5-15,17H,4H2,1-3H3/b11-10+. The average molecular weight is 265 g/mol. The van der Waals surface area contributed by atoms with Gasteiger partial charge in [0.05, 0.1) is 0 Å². The molecule has 0 saturated carbocycles. The Morgan fingerprint density at radius 2 is 1.60 bits per heavy atom. The van der Waals surface area contributed by atoms with Crippen LogP contribution in [0.1, 0.15) is 30.4 Å². The molecule has 0 N–H and O–H groups in total. The topological polar surface area (TPSA) is 3.24 Å². The molecule has 104 valence electrons. The van der Waals surface area contributed by atoms with Gasteiger partial charge < -0.3 is 4.90 Å². The van der Waals surface area contributed by atoms with E-state index >= 15 is 0 Å². The summed E-state index contributed by atoms with van der Waals surface area (Å²) in [6.45, 7) is 2.24. The van der Waals surface area contributed by atoms with E-state index < -0.39 is 0 Å². The minimum absolute atomic E-state index is 0.478. The zero-order chi connectivity index (χ0) is 14.4. The van der Waals surface area contributed by atoms with Gasteiger partial charge in [0, 0.05) is 25.7 Å². The number of hydrogen-bond donors (Lipinski definition) is 0. The summed E-state index contributed by atoms with van der Waals surface area (Å²) >= 11 is 0. The molecule has 0 fully saturated rings. The normalized spacial score (nSPS) is 12.6. The molecule has 2 aromatic rings. The number of anilines is 1. The monoisotopic (exact) mass is 265 g/mol. The second kappa shape index (κ2) is 6.95. The van der Waals surface area contributed by atoms with Gasteiger partial charge in [0.2, 0.25) is 0 Å². The van der Waals surface area contributed by atoms with Gasteiger partial charge in [0.15, 0.2) is 0 Å². The Hall–Kier alpha value is -2.02. The van der Waals surface area contributed by atoms with Crippen LogP contribution in [0.2, 0.25) is 0 Å². The van der Waals surface area contributed by atoms with Gasteiger partial charge in [-0.15, -0.1) is 0 Å². The number of allylic oxidation sites excluding steroid dienone is 1. The van der Waals surface area contributed by atoms with E-state index in [0.29, 0.717) is 5.92 Å². The Kier molecular flexibility index (Phi) is 5.00. The molecule has 2 aromatic carbocycles. The highest BCUT2D eigenvalue weighted by molar-refractivity contribution is 5.52. The van der Waals surface area contributed by atoms with Crippen molar-refractivity contribution in [3.05, 3.63) is 71.8 Å². The maximum absolute atomic E-state index is 2.31. The van der Waals surface area contributed by atoms with Crippen molar-refractivity contribution >= 4 is 11.8 Å². The zero-order valence-electron chi connectivity index (χ0n) is 12.6. The molecule has 1 heteroatoms. The van der Waals surface area contributed by atoms with E-state index in [1.165, 1.54) is 16.8 Å². The van der Waals surface area contributed by atoms with Crippen molar-refractivity contribution in [3.8, 4) is 0 Å². The molecule has 20 heavy (non-hydrogen) atoms. The van der Waals surface area contributed by atoms with Crippen LogP contribution in [0.25, 0.3) is 6.08 Å². The smallest absolute Gasteiger partial charge is 0.0361 e. The van der Waals surface area contributed by atoms with Gasteiger partial charge in [0.1, 0.15) is 0 Å². The summed E-state index contributed by atoms with van der Waals surface area (Å²) in [4.78, 5) is 2.13. The molecule has 1 nitrogen and oxygen atoms in total. The van der Waals surface area contributed by atoms with Crippen LogP contribution in [0.15, 0.2) is 60.7 Å². The fraction of sp³-hybridized carbons (Fsp3) is 0.263. The third kappa shape index (κ3) is 3.74. The Labute approximate surface area is 122 Å². The Balaban J connectivity index is 2.14. The van der Waals surface area contributed by atoms with Crippen molar-refractivity contribution < 1.29 is 0 Å². The highest BCUT2D eigenvalue weighted by atomic mass is 15.1. The molecule has 0 saturated heterocycles. The number of benzene rings is 2. The van der Waals surface area contributed by atoms with Gasteiger partial charge in [-0.05, 0) is 29.7 Å². The first-order valence-electron chi connectivity index (χ1n) is 7.21. The lowest BCUT2D eigenvalue weighted by Gasteiger charge is -2.15. The number of nitrogens with zero attached hydrogens (tertiary/aromatic N) is 1. The summed E-state index contributed by atoms with van der Waals surface area (Å²) in [6, 6.07) is 19.3. The Morgan fingerprint density at radius 1 is 0.950 bits per heavy atom. The molecule has 0 spiro atoms. The minimum atomic E-state index is 0.478. The molecule has 0 heterocycles. The summed E-state index contributed by atoms with van der Waals surface area (Å²) in [6.07, 6.45) is 5.64. The third-order valence-corrected chi connectivity index (χ3v) is 3.60. The summed E-state index contributed by atoms with van der Waals surface area (Å²) < 4.78 is 0. The molecule has 0 aliphatic rings. The fourth-order valence-electron chi connectivity index (χ4n) is 2.29. The first kappa shape index (κ1) is 14.4. The van der Waals surface area contributed by atoms with E-state index in [9.17, 15) is 0 Å². The second-order valence-electron chi connectivity index (χ2n) is 5.27. The first-order chi connectivity index (χ1) is 9.70. The second-order valence-corrected chi connectivity index (χ2v) is 5.27. The molecular formula is C19H23N. The molecule has 0 bridgehead atoms. The lowest BCUT2D eigenvalue weighted by atomic mass is 9.95. The van der Waals surface area contributed by atoms with Crippen LogP contribution < -0.4 is 4.90 Å². The summed E-state index contributed by atoms with van der Waals surface area (Å²) in [5, 5.41) is 0. The van der Waals surface area contributed by atoms with E-state index in [2.05, 4.69) is 92.7 Å². The maximum atomic E-state index is 2.31. The van der Waals surface area contributed by atoms with Crippen molar-refractivity contribution in [2.45, 2.75) is 19.3 Å².